The quantitative estimate of drug-likeness (QED) is 0.839. The molecule has 0 saturated carbocycles. The summed E-state index contributed by atoms with van der Waals surface area (Å²) in [4.78, 5) is 24.8. The number of nitrogens with zero attached hydrogens (tertiary/aromatic N) is 1. The van der Waals surface area contributed by atoms with Crippen molar-refractivity contribution in [3.8, 4) is 0 Å². The van der Waals surface area contributed by atoms with Crippen molar-refractivity contribution in [3.63, 3.8) is 0 Å². The summed E-state index contributed by atoms with van der Waals surface area (Å²) < 4.78 is 1.64. The van der Waals surface area contributed by atoms with Crippen LogP contribution in [0.5, 0.6) is 0 Å². The average molecular weight is 342 g/mol. The second-order valence-electron chi connectivity index (χ2n) is 5.03. The zero-order chi connectivity index (χ0) is 15.6. The van der Waals surface area contributed by atoms with Gasteiger partial charge in [-0.25, -0.2) is 0 Å². The number of carbonyl (C=O) groups excluding carboxylic acids is 1. The van der Waals surface area contributed by atoms with E-state index in [4.69, 9.17) is 5.73 Å². The van der Waals surface area contributed by atoms with Gasteiger partial charge in [-0.15, -0.1) is 12.4 Å². The smallest absolute Gasteiger partial charge is 0.307 e. The molecule has 3 N–H and O–H groups in total. The van der Waals surface area contributed by atoms with Gasteiger partial charge in [0.05, 0.1) is 0 Å². The van der Waals surface area contributed by atoms with E-state index in [0.29, 0.717) is 17.9 Å². The molecule has 0 fully saturated rings. The SMILES string of the molecule is Cc1ccc(N)cc1NC(=O)CCn1c(C)c(C)sc1=O.Cl. The fourth-order valence-electron chi connectivity index (χ4n) is 2.05. The number of nitrogens with two attached hydrogens (primary N) is 1. The van der Waals surface area contributed by atoms with Crippen LogP contribution < -0.4 is 15.9 Å². The van der Waals surface area contributed by atoms with Crippen LogP contribution in [0, 0.1) is 20.8 Å². The molecule has 0 atom stereocenters. The van der Waals surface area contributed by atoms with Crippen molar-refractivity contribution in [1.29, 1.82) is 0 Å². The minimum Gasteiger partial charge on any atom is -0.399 e. The fraction of sp³-hybridized carbons (Fsp3) is 0.333. The molecular formula is C15H20ClN3O2S. The Morgan fingerprint density at radius 1 is 1.32 bits per heavy atom. The second-order valence-corrected chi connectivity index (χ2v) is 6.20. The summed E-state index contributed by atoms with van der Waals surface area (Å²) in [5.41, 5.74) is 8.92. The molecule has 0 saturated heterocycles. The normalized spacial score (nSPS) is 10.1. The fourth-order valence-corrected chi connectivity index (χ4v) is 2.90. The first kappa shape index (κ1) is 18.3. The molecule has 120 valence electrons. The van der Waals surface area contributed by atoms with Crippen molar-refractivity contribution in [2.24, 2.45) is 0 Å². The highest BCUT2D eigenvalue weighted by Gasteiger charge is 2.10. The molecule has 0 aliphatic heterocycles. The molecule has 0 unspecified atom stereocenters. The lowest BCUT2D eigenvalue weighted by atomic mass is 10.2. The second kappa shape index (κ2) is 7.47. The maximum Gasteiger partial charge on any atom is 0.307 e. The van der Waals surface area contributed by atoms with Crippen molar-refractivity contribution >= 4 is 41.0 Å². The van der Waals surface area contributed by atoms with Crippen LogP contribution in [-0.2, 0) is 11.3 Å². The Kier molecular flexibility index (Phi) is 6.20. The van der Waals surface area contributed by atoms with E-state index < -0.39 is 0 Å². The predicted octanol–water partition coefficient (Wildman–Crippen LogP) is 2.87. The molecule has 1 aromatic carbocycles. The van der Waals surface area contributed by atoms with Gasteiger partial charge >= 0.3 is 4.87 Å². The van der Waals surface area contributed by atoms with E-state index in [1.54, 1.807) is 16.7 Å². The third kappa shape index (κ3) is 4.11. The molecule has 0 bridgehead atoms. The maximum atomic E-state index is 12.0. The average Bonchev–Trinajstić information content (AvgIpc) is 2.66. The minimum atomic E-state index is -0.126. The lowest BCUT2D eigenvalue weighted by Gasteiger charge is -2.10. The number of nitrogens with one attached hydrogen (secondary N) is 1. The van der Waals surface area contributed by atoms with Crippen molar-refractivity contribution < 1.29 is 4.79 Å². The Balaban J connectivity index is 0.00000242. The molecule has 0 radical (unpaired) electrons. The number of amides is 1. The lowest BCUT2D eigenvalue weighted by molar-refractivity contribution is -0.116. The molecule has 7 heteroatoms. The monoisotopic (exact) mass is 341 g/mol. The largest absolute Gasteiger partial charge is 0.399 e. The van der Waals surface area contributed by atoms with Crippen LogP contribution in [0.15, 0.2) is 23.0 Å². The predicted molar refractivity (Wildman–Crippen MR) is 94.1 cm³/mol. The van der Waals surface area contributed by atoms with Gasteiger partial charge in [-0.3, -0.25) is 9.59 Å². The van der Waals surface area contributed by atoms with Gasteiger partial charge in [0.1, 0.15) is 0 Å². The summed E-state index contributed by atoms with van der Waals surface area (Å²) in [5, 5.41) is 2.84. The van der Waals surface area contributed by atoms with Crippen LogP contribution in [0.4, 0.5) is 11.4 Å². The van der Waals surface area contributed by atoms with E-state index in [1.807, 2.05) is 26.8 Å². The number of carbonyl (C=O) groups is 1. The number of aromatic nitrogens is 1. The van der Waals surface area contributed by atoms with Crippen molar-refractivity contribution in [2.75, 3.05) is 11.1 Å². The first-order valence-electron chi connectivity index (χ1n) is 6.71. The van der Waals surface area contributed by atoms with Gasteiger partial charge in [0.2, 0.25) is 5.91 Å². The first-order chi connectivity index (χ1) is 9.88. The molecule has 0 spiro atoms. The molecule has 22 heavy (non-hydrogen) atoms. The highest BCUT2D eigenvalue weighted by Crippen LogP contribution is 2.18. The molecule has 1 amide bonds. The highest BCUT2D eigenvalue weighted by atomic mass is 35.5. The van der Waals surface area contributed by atoms with Gasteiger partial charge in [-0.2, -0.15) is 0 Å². The van der Waals surface area contributed by atoms with Gasteiger partial charge < -0.3 is 15.6 Å². The van der Waals surface area contributed by atoms with E-state index in [2.05, 4.69) is 5.32 Å². The molecule has 1 heterocycles. The van der Waals surface area contributed by atoms with E-state index in [-0.39, 0.29) is 29.6 Å². The summed E-state index contributed by atoms with van der Waals surface area (Å²) in [6.45, 7) is 6.11. The Labute approximate surface area is 139 Å². The Hall–Kier alpha value is -1.79. The molecule has 1 aromatic heterocycles. The number of rotatable bonds is 4. The number of hydrogen-bond acceptors (Lipinski definition) is 4. The van der Waals surface area contributed by atoms with Crippen LogP contribution in [-0.4, -0.2) is 10.5 Å². The van der Waals surface area contributed by atoms with Gasteiger partial charge in [0.15, 0.2) is 0 Å². The minimum absolute atomic E-state index is 0. The van der Waals surface area contributed by atoms with Crippen LogP contribution in [0.3, 0.4) is 0 Å². The molecular weight excluding hydrogens is 322 g/mol. The number of aryl methyl sites for hydroxylation is 2. The van der Waals surface area contributed by atoms with Crippen molar-refractivity contribution in [3.05, 3.63) is 44.0 Å². The molecule has 5 nitrogen and oxygen atoms in total. The van der Waals surface area contributed by atoms with Crippen molar-refractivity contribution in [2.45, 2.75) is 33.7 Å². The van der Waals surface area contributed by atoms with E-state index >= 15 is 0 Å². The summed E-state index contributed by atoms with van der Waals surface area (Å²) in [6, 6.07) is 5.39. The topological polar surface area (TPSA) is 77.1 Å². The van der Waals surface area contributed by atoms with Gasteiger partial charge in [-0.05, 0) is 38.5 Å². The van der Waals surface area contributed by atoms with Crippen LogP contribution in [0.2, 0.25) is 0 Å². The van der Waals surface area contributed by atoms with Gasteiger partial charge in [0, 0.05) is 34.9 Å². The maximum absolute atomic E-state index is 12.0. The van der Waals surface area contributed by atoms with Crippen LogP contribution in [0.1, 0.15) is 22.6 Å². The lowest BCUT2D eigenvalue weighted by Crippen LogP contribution is -2.20. The van der Waals surface area contributed by atoms with E-state index in [0.717, 1.165) is 16.1 Å². The summed E-state index contributed by atoms with van der Waals surface area (Å²) >= 11 is 1.22. The van der Waals surface area contributed by atoms with Gasteiger partial charge in [0.25, 0.3) is 0 Å². The van der Waals surface area contributed by atoms with E-state index in [9.17, 15) is 9.59 Å². The number of benzene rings is 1. The zero-order valence-corrected chi connectivity index (χ0v) is 14.4. The first-order valence-corrected chi connectivity index (χ1v) is 7.53. The Bertz CT molecular complexity index is 737. The van der Waals surface area contributed by atoms with Gasteiger partial charge in [-0.1, -0.05) is 17.4 Å². The van der Waals surface area contributed by atoms with Crippen molar-refractivity contribution in [1.82, 2.24) is 4.57 Å². The number of thiazole rings is 1. The van der Waals surface area contributed by atoms with Crippen LogP contribution >= 0.6 is 23.7 Å². The third-order valence-corrected chi connectivity index (χ3v) is 4.47. The molecule has 2 rings (SSSR count). The van der Waals surface area contributed by atoms with E-state index in [1.165, 1.54) is 11.3 Å². The Morgan fingerprint density at radius 3 is 2.59 bits per heavy atom. The summed E-state index contributed by atoms with van der Waals surface area (Å²) in [7, 11) is 0. The molecule has 0 aliphatic carbocycles. The number of nitrogen functional groups attached to an aromatic ring is 1. The number of halogens is 1. The standard InChI is InChI=1S/C15H19N3O2S.ClH/c1-9-4-5-12(16)8-13(9)17-14(19)6-7-18-10(2)11(3)21-15(18)20;/h4-5,8H,6-7,16H2,1-3H3,(H,17,19);1H. The zero-order valence-electron chi connectivity index (χ0n) is 12.8. The number of anilines is 2. The molecule has 0 aliphatic rings. The summed E-state index contributed by atoms with van der Waals surface area (Å²) in [5.74, 6) is -0.126. The summed E-state index contributed by atoms with van der Waals surface area (Å²) in [6.07, 6.45) is 0.255. The molecule has 2 aromatic rings. The highest BCUT2D eigenvalue weighted by molar-refractivity contribution is 7.09. The van der Waals surface area contributed by atoms with Crippen LogP contribution in [0.25, 0.3) is 0 Å². The number of hydrogen-bond donors (Lipinski definition) is 2. The Morgan fingerprint density at radius 2 is 2.00 bits per heavy atom. The third-order valence-electron chi connectivity index (χ3n) is 3.47.